The van der Waals surface area contributed by atoms with Gasteiger partial charge >= 0.3 is 0 Å². The minimum absolute atomic E-state index is 0.0262. The second-order valence-electron chi connectivity index (χ2n) is 5.87. The van der Waals surface area contributed by atoms with Crippen molar-refractivity contribution >= 4 is 50.1 Å². The molecular weight excluding hydrogens is 469 g/mol. The standard InChI is InChI=1S/C17H16IN3O4S/c18-12-3-5-13(6-4-12)21-16(22)9-15(17(21)23)20-10-11-1-7-14(8-2-11)26(19,24)25/h1-8,15,20H,9-10H2,(H2,19,24,25)/t15-/m1/s1. The van der Waals surface area contributed by atoms with E-state index in [0.29, 0.717) is 12.2 Å². The molecule has 9 heteroatoms. The molecule has 2 amide bonds. The highest BCUT2D eigenvalue weighted by atomic mass is 127. The van der Waals surface area contributed by atoms with Crippen molar-refractivity contribution in [2.24, 2.45) is 5.14 Å². The van der Waals surface area contributed by atoms with E-state index in [9.17, 15) is 18.0 Å². The Labute approximate surface area is 164 Å². The number of carbonyl (C=O) groups excluding carboxylic acids is 2. The molecule has 1 aliphatic heterocycles. The van der Waals surface area contributed by atoms with Gasteiger partial charge in [-0.05, 0) is 64.6 Å². The first-order valence-electron chi connectivity index (χ1n) is 7.73. The van der Waals surface area contributed by atoms with E-state index in [1.165, 1.54) is 17.0 Å². The Morgan fingerprint density at radius 1 is 1.08 bits per heavy atom. The summed E-state index contributed by atoms with van der Waals surface area (Å²) in [4.78, 5) is 26.0. The molecule has 1 aliphatic rings. The van der Waals surface area contributed by atoms with Crippen LogP contribution >= 0.6 is 22.6 Å². The van der Waals surface area contributed by atoms with Crippen LogP contribution in [0.25, 0.3) is 0 Å². The number of amides is 2. The Kier molecular flexibility index (Phi) is 5.42. The number of rotatable bonds is 5. The van der Waals surface area contributed by atoms with E-state index in [1.807, 2.05) is 12.1 Å². The lowest BCUT2D eigenvalue weighted by atomic mass is 10.2. The van der Waals surface area contributed by atoms with E-state index in [1.54, 1.807) is 24.3 Å². The minimum Gasteiger partial charge on any atom is -0.301 e. The number of carbonyl (C=O) groups is 2. The first kappa shape index (κ1) is 19.0. The number of anilines is 1. The molecule has 1 saturated heterocycles. The van der Waals surface area contributed by atoms with Crippen LogP contribution in [-0.4, -0.2) is 26.3 Å². The summed E-state index contributed by atoms with van der Waals surface area (Å²) in [6, 6.07) is 12.6. The normalized spacial score (nSPS) is 17.8. The van der Waals surface area contributed by atoms with E-state index in [-0.39, 0.29) is 23.1 Å². The third-order valence-electron chi connectivity index (χ3n) is 4.04. The van der Waals surface area contributed by atoms with Crippen LogP contribution in [0.15, 0.2) is 53.4 Å². The highest BCUT2D eigenvalue weighted by Gasteiger charge is 2.39. The van der Waals surface area contributed by atoms with Gasteiger partial charge in [0.1, 0.15) is 0 Å². The van der Waals surface area contributed by atoms with E-state index in [0.717, 1.165) is 9.13 Å². The van der Waals surface area contributed by atoms with Crippen molar-refractivity contribution in [2.75, 3.05) is 4.90 Å². The van der Waals surface area contributed by atoms with Crippen LogP contribution in [0.2, 0.25) is 0 Å². The molecule has 0 unspecified atom stereocenters. The van der Waals surface area contributed by atoms with Crippen LogP contribution in [0, 0.1) is 3.57 Å². The molecule has 2 aromatic rings. The van der Waals surface area contributed by atoms with Gasteiger partial charge in [0.25, 0.3) is 5.91 Å². The zero-order valence-corrected chi connectivity index (χ0v) is 16.5. The molecule has 0 bridgehead atoms. The lowest BCUT2D eigenvalue weighted by Gasteiger charge is -2.15. The monoisotopic (exact) mass is 485 g/mol. The summed E-state index contributed by atoms with van der Waals surface area (Å²) in [5.41, 5.74) is 1.34. The number of imide groups is 1. The molecule has 136 valence electrons. The summed E-state index contributed by atoms with van der Waals surface area (Å²) in [5.74, 6) is -0.546. The molecule has 0 radical (unpaired) electrons. The van der Waals surface area contributed by atoms with Crippen LogP contribution in [0.4, 0.5) is 5.69 Å². The molecule has 7 nitrogen and oxygen atoms in total. The van der Waals surface area contributed by atoms with Gasteiger partial charge in [0.2, 0.25) is 15.9 Å². The first-order valence-corrected chi connectivity index (χ1v) is 10.4. The van der Waals surface area contributed by atoms with Gasteiger partial charge in [0.05, 0.1) is 23.0 Å². The fourth-order valence-corrected chi connectivity index (χ4v) is 3.57. The molecule has 1 atom stereocenters. The fraction of sp³-hybridized carbons (Fsp3) is 0.176. The van der Waals surface area contributed by atoms with Crippen molar-refractivity contribution in [3.8, 4) is 0 Å². The summed E-state index contributed by atoms with van der Waals surface area (Å²) in [5, 5.41) is 8.12. The van der Waals surface area contributed by atoms with Gasteiger partial charge in [0, 0.05) is 10.1 Å². The highest BCUT2D eigenvalue weighted by Crippen LogP contribution is 2.24. The molecule has 26 heavy (non-hydrogen) atoms. The predicted octanol–water partition coefficient (Wildman–Crippen LogP) is 1.36. The first-order chi connectivity index (χ1) is 12.3. The quantitative estimate of drug-likeness (QED) is 0.491. The summed E-state index contributed by atoms with van der Waals surface area (Å²) < 4.78 is 23.5. The maximum Gasteiger partial charge on any atom is 0.251 e. The molecule has 2 aromatic carbocycles. The Balaban J connectivity index is 1.67. The number of hydrogen-bond donors (Lipinski definition) is 2. The van der Waals surface area contributed by atoms with Gasteiger partial charge in [-0.25, -0.2) is 18.5 Å². The van der Waals surface area contributed by atoms with Crippen molar-refractivity contribution in [1.82, 2.24) is 5.32 Å². The summed E-state index contributed by atoms with van der Waals surface area (Å²) >= 11 is 2.15. The number of hydrogen-bond acceptors (Lipinski definition) is 5. The van der Waals surface area contributed by atoms with Gasteiger partial charge in [-0.2, -0.15) is 0 Å². The molecule has 1 fully saturated rings. The maximum absolute atomic E-state index is 12.6. The minimum atomic E-state index is -3.73. The van der Waals surface area contributed by atoms with E-state index in [2.05, 4.69) is 27.9 Å². The highest BCUT2D eigenvalue weighted by molar-refractivity contribution is 14.1. The van der Waals surface area contributed by atoms with Crippen molar-refractivity contribution in [1.29, 1.82) is 0 Å². The SMILES string of the molecule is NS(=O)(=O)c1ccc(CN[C@@H]2CC(=O)N(c3ccc(I)cc3)C2=O)cc1. The number of benzene rings is 2. The molecular formula is C17H16IN3O4S. The molecule has 0 saturated carbocycles. The van der Waals surface area contributed by atoms with Crippen LogP contribution in [0.5, 0.6) is 0 Å². The average Bonchev–Trinajstić information content (AvgIpc) is 2.87. The smallest absolute Gasteiger partial charge is 0.251 e. The van der Waals surface area contributed by atoms with Crippen LogP contribution in [0.1, 0.15) is 12.0 Å². The number of nitrogens with zero attached hydrogens (tertiary/aromatic N) is 1. The van der Waals surface area contributed by atoms with Crippen molar-refractivity contribution < 1.29 is 18.0 Å². The maximum atomic E-state index is 12.6. The summed E-state index contributed by atoms with van der Waals surface area (Å²) in [7, 11) is -3.73. The van der Waals surface area contributed by atoms with E-state index < -0.39 is 16.1 Å². The molecule has 0 aliphatic carbocycles. The summed E-state index contributed by atoms with van der Waals surface area (Å²) in [6.45, 7) is 0.328. The number of nitrogens with one attached hydrogen (secondary N) is 1. The van der Waals surface area contributed by atoms with Gasteiger partial charge < -0.3 is 5.32 Å². The Morgan fingerprint density at radius 3 is 2.27 bits per heavy atom. The Hall–Kier alpha value is -1.82. The zero-order valence-electron chi connectivity index (χ0n) is 13.6. The average molecular weight is 485 g/mol. The summed E-state index contributed by atoms with van der Waals surface area (Å²) in [6.07, 6.45) is 0.0834. The number of primary sulfonamides is 1. The van der Waals surface area contributed by atoms with Gasteiger partial charge in [-0.15, -0.1) is 0 Å². The molecule has 3 N–H and O–H groups in total. The predicted molar refractivity (Wildman–Crippen MR) is 105 cm³/mol. The molecule has 1 heterocycles. The molecule has 3 rings (SSSR count). The van der Waals surface area contributed by atoms with Gasteiger partial charge in [-0.1, -0.05) is 12.1 Å². The molecule has 0 aromatic heterocycles. The van der Waals surface area contributed by atoms with Crippen molar-refractivity contribution in [3.63, 3.8) is 0 Å². The lowest BCUT2D eigenvalue weighted by molar-refractivity contribution is -0.121. The van der Waals surface area contributed by atoms with Gasteiger partial charge in [-0.3, -0.25) is 9.59 Å². The fourth-order valence-electron chi connectivity index (χ4n) is 2.69. The van der Waals surface area contributed by atoms with Crippen molar-refractivity contribution in [3.05, 3.63) is 57.7 Å². The second-order valence-corrected chi connectivity index (χ2v) is 8.68. The van der Waals surface area contributed by atoms with Crippen molar-refractivity contribution in [2.45, 2.75) is 23.9 Å². The number of nitrogens with two attached hydrogens (primary N) is 1. The largest absolute Gasteiger partial charge is 0.301 e. The third-order valence-corrected chi connectivity index (χ3v) is 5.68. The second kappa shape index (κ2) is 7.43. The number of halogens is 1. The lowest BCUT2D eigenvalue weighted by Crippen LogP contribution is -2.38. The number of sulfonamides is 1. The van der Waals surface area contributed by atoms with E-state index >= 15 is 0 Å². The Morgan fingerprint density at radius 2 is 1.69 bits per heavy atom. The Bertz CT molecular complexity index is 943. The van der Waals surface area contributed by atoms with Crippen LogP contribution in [-0.2, 0) is 26.2 Å². The van der Waals surface area contributed by atoms with Crippen LogP contribution in [0.3, 0.4) is 0 Å². The topological polar surface area (TPSA) is 110 Å². The zero-order chi connectivity index (χ0) is 18.9. The third kappa shape index (κ3) is 4.11. The van der Waals surface area contributed by atoms with Crippen LogP contribution < -0.4 is 15.4 Å². The van der Waals surface area contributed by atoms with E-state index in [4.69, 9.17) is 5.14 Å². The molecule has 0 spiro atoms. The van der Waals surface area contributed by atoms with Gasteiger partial charge in [0.15, 0.2) is 0 Å².